The van der Waals surface area contributed by atoms with Crippen molar-refractivity contribution < 1.29 is 27.6 Å². The summed E-state index contributed by atoms with van der Waals surface area (Å²) in [6.45, 7) is 4.09. The Labute approximate surface area is 178 Å². The molecule has 1 aromatic rings. The number of aromatic hydroxyl groups is 1. The molecule has 2 atom stereocenters. The van der Waals surface area contributed by atoms with Crippen molar-refractivity contribution in [2.24, 2.45) is 0 Å². The van der Waals surface area contributed by atoms with Crippen molar-refractivity contribution in [1.82, 2.24) is 0 Å². The zero-order valence-electron chi connectivity index (χ0n) is 17.6. The zero-order chi connectivity index (χ0) is 21.9. The molecule has 164 valence electrons. The summed E-state index contributed by atoms with van der Waals surface area (Å²) in [6, 6.07) is 4.30. The molecule has 0 spiro atoms. The lowest BCUT2D eigenvalue weighted by Gasteiger charge is -2.32. The predicted octanol–water partition coefficient (Wildman–Crippen LogP) is 4.27. The molecule has 5 nitrogen and oxygen atoms in total. The van der Waals surface area contributed by atoms with Crippen LogP contribution in [0.3, 0.4) is 0 Å². The van der Waals surface area contributed by atoms with E-state index in [0.29, 0.717) is 18.4 Å². The first-order valence-corrected chi connectivity index (χ1v) is 12.4. The van der Waals surface area contributed by atoms with E-state index < -0.39 is 34.1 Å². The lowest BCUT2D eigenvalue weighted by molar-refractivity contribution is 0.169. The third-order valence-electron chi connectivity index (χ3n) is 5.84. The Morgan fingerprint density at radius 2 is 2.07 bits per heavy atom. The zero-order valence-corrected chi connectivity index (χ0v) is 18.4. The highest BCUT2D eigenvalue weighted by atomic mass is 32.2. The van der Waals surface area contributed by atoms with Crippen LogP contribution in [0.1, 0.15) is 57.9 Å². The molecule has 0 aliphatic carbocycles. The van der Waals surface area contributed by atoms with Gasteiger partial charge in [0.05, 0.1) is 17.1 Å². The number of phenols is 1. The van der Waals surface area contributed by atoms with Crippen molar-refractivity contribution in [3.63, 3.8) is 0 Å². The summed E-state index contributed by atoms with van der Waals surface area (Å²) in [5.74, 6) is -0.970. The fraction of sp³-hybridized carbons (Fsp3) is 0.545. The van der Waals surface area contributed by atoms with E-state index in [2.05, 4.69) is 6.92 Å². The molecule has 0 saturated carbocycles. The van der Waals surface area contributed by atoms with Gasteiger partial charge in [0.2, 0.25) is 0 Å². The van der Waals surface area contributed by atoms with Crippen molar-refractivity contribution in [3.05, 3.63) is 46.3 Å². The highest BCUT2D eigenvalue weighted by molar-refractivity contribution is 7.92. The van der Waals surface area contributed by atoms with Crippen LogP contribution in [0, 0.1) is 5.82 Å². The third-order valence-corrected chi connectivity index (χ3v) is 7.91. The SMILES string of the molecule is CCCC1=C2[C@@H](CC/C(=C/c3ccc(O)c(F)c3)CCC)OB(O)C[C@@H]2S(=O)(=O)C1. The van der Waals surface area contributed by atoms with Gasteiger partial charge in [0.25, 0.3) is 0 Å². The number of rotatable bonds is 8. The minimum absolute atomic E-state index is 0.0673. The van der Waals surface area contributed by atoms with Crippen LogP contribution >= 0.6 is 0 Å². The van der Waals surface area contributed by atoms with Gasteiger partial charge in [-0.05, 0) is 49.0 Å². The van der Waals surface area contributed by atoms with Gasteiger partial charge >= 0.3 is 7.12 Å². The third kappa shape index (κ3) is 5.15. The van der Waals surface area contributed by atoms with E-state index in [-0.39, 0.29) is 17.8 Å². The molecule has 0 unspecified atom stereocenters. The Balaban J connectivity index is 1.82. The van der Waals surface area contributed by atoms with Crippen LogP contribution in [0.15, 0.2) is 34.9 Å². The number of hydrogen-bond donors (Lipinski definition) is 2. The summed E-state index contributed by atoms with van der Waals surface area (Å²) in [4.78, 5) is 0. The number of halogens is 1. The number of phenolic OH excluding ortho intramolecular Hbond substituents is 1. The Morgan fingerprint density at radius 3 is 2.73 bits per heavy atom. The summed E-state index contributed by atoms with van der Waals surface area (Å²) in [5.41, 5.74) is 3.57. The topological polar surface area (TPSA) is 83.8 Å². The number of fused-ring (bicyclic) bond motifs is 1. The molecule has 2 aliphatic rings. The van der Waals surface area contributed by atoms with E-state index in [0.717, 1.165) is 42.4 Å². The second-order valence-electron chi connectivity index (χ2n) is 8.22. The first-order chi connectivity index (χ1) is 14.2. The maximum Gasteiger partial charge on any atom is 0.456 e. The molecule has 0 radical (unpaired) electrons. The molecule has 2 heterocycles. The Hall–Kier alpha value is -1.64. The average molecular weight is 436 g/mol. The van der Waals surface area contributed by atoms with Crippen molar-refractivity contribution in [1.29, 1.82) is 0 Å². The molecule has 8 heteroatoms. The molecule has 1 fully saturated rings. The van der Waals surface area contributed by atoms with E-state index in [1.165, 1.54) is 12.1 Å². The fourth-order valence-electron chi connectivity index (χ4n) is 4.56. The van der Waals surface area contributed by atoms with Gasteiger partial charge in [-0.3, -0.25) is 0 Å². The number of sulfone groups is 1. The second kappa shape index (κ2) is 9.66. The molecule has 0 bridgehead atoms. The average Bonchev–Trinajstić information content (AvgIpc) is 2.93. The molecule has 0 aromatic heterocycles. The minimum Gasteiger partial charge on any atom is -0.505 e. The van der Waals surface area contributed by atoms with Crippen molar-refractivity contribution in [3.8, 4) is 5.75 Å². The smallest absolute Gasteiger partial charge is 0.456 e. The molecule has 3 rings (SSSR count). The van der Waals surface area contributed by atoms with E-state index in [4.69, 9.17) is 4.65 Å². The first-order valence-electron chi connectivity index (χ1n) is 10.7. The quantitative estimate of drug-likeness (QED) is 0.470. The summed E-state index contributed by atoms with van der Waals surface area (Å²) in [6.07, 6.45) is 6.15. The summed E-state index contributed by atoms with van der Waals surface area (Å²) in [7, 11) is -4.36. The standard InChI is InChI=1S/C22H30BFO5S/c1-3-5-15(11-16-7-9-19(25)18(24)12-16)8-10-20-22-17(6-4-2)14-30(27,28)21(22)13-23(26)29-20/h7,9,11-12,20-21,25-26H,3-6,8,10,13-14H2,1-2H3/b15-11+/t20-,21+/m1/s1. The Morgan fingerprint density at radius 1 is 1.30 bits per heavy atom. The summed E-state index contributed by atoms with van der Waals surface area (Å²) in [5, 5.41) is 18.9. The van der Waals surface area contributed by atoms with E-state index in [9.17, 15) is 22.9 Å². The first kappa shape index (κ1) is 23.0. The fourth-order valence-corrected chi connectivity index (χ4v) is 6.72. The Kier molecular flexibility index (Phi) is 7.42. The van der Waals surface area contributed by atoms with Crippen molar-refractivity contribution in [2.75, 3.05) is 5.75 Å². The lowest BCUT2D eigenvalue weighted by Crippen LogP contribution is -2.41. The van der Waals surface area contributed by atoms with Crippen LogP contribution in [-0.2, 0) is 14.5 Å². The monoisotopic (exact) mass is 436 g/mol. The van der Waals surface area contributed by atoms with Crippen LogP contribution in [0.2, 0.25) is 6.32 Å². The number of hydrogen-bond acceptors (Lipinski definition) is 5. The van der Waals surface area contributed by atoms with Crippen LogP contribution in [0.5, 0.6) is 5.75 Å². The molecule has 2 N–H and O–H groups in total. The molecule has 1 saturated heterocycles. The van der Waals surface area contributed by atoms with Gasteiger partial charge in [-0.25, -0.2) is 12.8 Å². The molecule has 2 aliphatic heterocycles. The van der Waals surface area contributed by atoms with Gasteiger partial charge in [-0.15, -0.1) is 0 Å². The van der Waals surface area contributed by atoms with E-state index in [1.54, 1.807) is 6.07 Å². The van der Waals surface area contributed by atoms with Crippen LogP contribution in [0.4, 0.5) is 4.39 Å². The molecule has 0 amide bonds. The van der Waals surface area contributed by atoms with Gasteiger partial charge in [-0.2, -0.15) is 0 Å². The molecule has 1 aromatic carbocycles. The highest BCUT2D eigenvalue weighted by Crippen LogP contribution is 2.41. The number of allylic oxidation sites excluding steroid dienone is 1. The van der Waals surface area contributed by atoms with Crippen molar-refractivity contribution >= 4 is 23.0 Å². The lowest BCUT2D eigenvalue weighted by atomic mass is 9.74. The van der Waals surface area contributed by atoms with Crippen molar-refractivity contribution in [2.45, 2.75) is 70.0 Å². The van der Waals surface area contributed by atoms with E-state index >= 15 is 0 Å². The van der Waals surface area contributed by atoms with Gasteiger partial charge in [0, 0.05) is 6.32 Å². The van der Waals surface area contributed by atoms with Gasteiger partial charge < -0.3 is 14.8 Å². The highest BCUT2D eigenvalue weighted by Gasteiger charge is 2.48. The molecular formula is C22H30BFO5S. The Bertz CT molecular complexity index is 941. The summed E-state index contributed by atoms with van der Waals surface area (Å²) < 4.78 is 44.8. The summed E-state index contributed by atoms with van der Waals surface area (Å²) >= 11 is 0. The minimum atomic E-state index is -3.28. The maximum absolute atomic E-state index is 13.7. The van der Waals surface area contributed by atoms with Gasteiger partial charge in [0.1, 0.15) is 0 Å². The van der Waals surface area contributed by atoms with Gasteiger partial charge in [0.15, 0.2) is 21.4 Å². The number of benzene rings is 1. The maximum atomic E-state index is 13.7. The predicted molar refractivity (Wildman–Crippen MR) is 117 cm³/mol. The van der Waals surface area contributed by atoms with Crippen LogP contribution in [-0.4, -0.2) is 42.8 Å². The largest absolute Gasteiger partial charge is 0.505 e. The van der Waals surface area contributed by atoms with E-state index in [1.807, 2.05) is 13.0 Å². The molecule has 30 heavy (non-hydrogen) atoms. The second-order valence-corrected chi connectivity index (χ2v) is 10.4. The van der Waals surface area contributed by atoms with Crippen LogP contribution < -0.4 is 0 Å². The van der Waals surface area contributed by atoms with Crippen LogP contribution in [0.25, 0.3) is 6.08 Å². The normalized spacial score (nSPS) is 23.7. The molecular weight excluding hydrogens is 406 g/mol. The van der Waals surface area contributed by atoms with Gasteiger partial charge in [-0.1, -0.05) is 50.0 Å².